The highest BCUT2D eigenvalue weighted by Gasteiger charge is 2.12. The molecule has 0 amide bonds. The molecule has 0 aliphatic carbocycles. The maximum atomic E-state index is 6.02. The first kappa shape index (κ1) is 15.8. The van der Waals surface area contributed by atoms with Crippen molar-refractivity contribution in [2.45, 2.75) is 0 Å². The van der Waals surface area contributed by atoms with E-state index in [1.807, 2.05) is 24.4 Å². The zero-order valence-corrected chi connectivity index (χ0v) is 16.4. The molecule has 6 aromatic rings. The molecule has 6 rings (SSSR count). The molecule has 0 saturated heterocycles. The van der Waals surface area contributed by atoms with Crippen molar-refractivity contribution >= 4 is 59.5 Å². The second-order valence-corrected chi connectivity index (χ2v) is 7.91. The lowest BCUT2D eigenvalue weighted by atomic mass is 9.95. The molecule has 3 heteroatoms. The Morgan fingerprint density at radius 1 is 0.714 bits per heavy atom. The molecule has 28 heavy (non-hydrogen) atoms. The number of furan rings is 1. The molecule has 2 heterocycles. The van der Waals surface area contributed by atoms with E-state index in [1.54, 1.807) is 0 Å². The van der Waals surface area contributed by atoms with E-state index in [0.29, 0.717) is 0 Å². The van der Waals surface area contributed by atoms with Crippen LogP contribution >= 0.6 is 15.9 Å². The van der Waals surface area contributed by atoms with Crippen LogP contribution in [0.1, 0.15) is 0 Å². The molecule has 0 N–H and O–H groups in total. The van der Waals surface area contributed by atoms with Gasteiger partial charge in [-0.15, -0.1) is 0 Å². The average Bonchev–Trinajstić information content (AvgIpc) is 3.10. The first-order valence-electron chi connectivity index (χ1n) is 9.17. The van der Waals surface area contributed by atoms with Crippen LogP contribution in [0.2, 0.25) is 0 Å². The highest BCUT2D eigenvalue weighted by atomic mass is 79.9. The topological polar surface area (TPSA) is 26.0 Å². The van der Waals surface area contributed by atoms with Crippen molar-refractivity contribution in [3.05, 3.63) is 89.5 Å². The van der Waals surface area contributed by atoms with E-state index in [0.717, 1.165) is 37.3 Å². The normalized spacial score (nSPS) is 11.8. The number of benzene rings is 4. The van der Waals surface area contributed by atoms with E-state index < -0.39 is 0 Å². The summed E-state index contributed by atoms with van der Waals surface area (Å²) in [4.78, 5) is 4.68. The molecule has 0 aliphatic heterocycles. The standard InChI is InChI=1S/C25H14BrNO/c26-18-9-11-23-21(14-18)20-13-17(8-10-22(20)28-23)19-5-1-3-15-6-7-16-4-2-12-27-25(16)24(15)19/h1-14H. The second kappa shape index (κ2) is 5.91. The van der Waals surface area contributed by atoms with Crippen molar-refractivity contribution in [2.24, 2.45) is 0 Å². The van der Waals surface area contributed by atoms with Gasteiger partial charge in [-0.3, -0.25) is 4.98 Å². The molecule has 0 fully saturated rings. The minimum absolute atomic E-state index is 0.903. The molecule has 0 bridgehead atoms. The number of aromatic nitrogens is 1. The maximum absolute atomic E-state index is 6.02. The summed E-state index contributed by atoms with van der Waals surface area (Å²) in [7, 11) is 0. The van der Waals surface area contributed by atoms with Crippen molar-refractivity contribution in [2.75, 3.05) is 0 Å². The molecule has 0 atom stereocenters. The fraction of sp³-hybridized carbons (Fsp3) is 0. The minimum Gasteiger partial charge on any atom is -0.456 e. The van der Waals surface area contributed by atoms with Crippen LogP contribution in [0.5, 0.6) is 0 Å². The zero-order chi connectivity index (χ0) is 18.7. The number of hydrogen-bond acceptors (Lipinski definition) is 2. The Kier molecular flexibility index (Phi) is 3.35. The summed E-state index contributed by atoms with van der Waals surface area (Å²) < 4.78 is 7.07. The van der Waals surface area contributed by atoms with Crippen LogP contribution < -0.4 is 0 Å². The van der Waals surface area contributed by atoms with Crippen LogP contribution in [0.15, 0.2) is 93.9 Å². The van der Waals surface area contributed by atoms with Crippen molar-refractivity contribution in [1.82, 2.24) is 4.98 Å². The fourth-order valence-corrected chi connectivity index (χ4v) is 4.43. The number of halogens is 1. The Morgan fingerprint density at radius 2 is 1.50 bits per heavy atom. The molecule has 2 aromatic heterocycles. The Balaban J connectivity index is 1.71. The monoisotopic (exact) mass is 423 g/mol. The van der Waals surface area contributed by atoms with Gasteiger partial charge in [0.25, 0.3) is 0 Å². The lowest BCUT2D eigenvalue weighted by Gasteiger charge is -2.10. The summed E-state index contributed by atoms with van der Waals surface area (Å²) in [6.07, 6.45) is 1.86. The summed E-state index contributed by atoms with van der Waals surface area (Å²) in [5.74, 6) is 0. The molecule has 2 nitrogen and oxygen atoms in total. The van der Waals surface area contributed by atoms with Gasteiger partial charge in [-0.25, -0.2) is 0 Å². The highest BCUT2D eigenvalue weighted by Crippen LogP contribution is 2.37. The lowest BCUT2D eigenvalue weighted by molar-refractivity contribution is 0.669. The Labute approximate surface area is 169 Å². The molecule has 0 spiro atoms. The number of fused-ring (bicyclic) bond motifs is 6. The molecule has 132 valence electrons. The van der Waals surface area contributed by atoms with Gasteiger partial charge in [0.1, 0.15) is 11.2 Å². The number of pyridine rings is 1. The predicted octanol–water partition coefficient (Wildman–Crippen LogP) is 7.72. The third kappa shape index (κ3) is 2.30. The van der Waals surface area contributed by atoms with E-state index in [-0.39, 0.29) is 0 Å². The smallest absolute Gasteiger partial charge is 0.135 e. The predicted molar refractivity (Wildman–Crippen MR) is 120 cm³/mol. The van der Waals surface area contributed by atoms with Crippen molar-refractivity contribution in [3.8, 4) is 11.1 Å². The number of rotatable bonds is 1. The summed E-state index contributed by atoms with van der Waals surface area (Å²) in [5.41, 5.74) is 5.20. The van der Waals surface area contributed by atoms with Crippen LogP contribution in [-0.4, -0.2) is 4.98 Å². The summed E-state index contributed by atoms with van der Waals surface area (Å²) in [6.45, 7) is 0. The van der Waals surface area contributed by atoms with E-state index in [2.05, 4.69) is 81.6 Å². The largest absolute Gasteiger partial charge is 0.456 e. The first-order chi connectivity index (χ1) is 13.8. The van der Waals surface area contributed by atoms with Crippen LogP contribution in [0.3, 0.4) is 0 Å². The van der Waals surface area contributed by atoms with E-state index in [1.165, 1.54) is 21.9 Å². The lowest BCUT2D eigenvalue weighted by Crippen LogP contribution is -1.86. The van der Waals surface area contributed by atoms with Gasteiger partial charge in [0.15, 0.2) is 0 Å². The summed E-state index contributed by atoms with van der Waals surface area (Å²) >= 11 is 3.58. The third-order valence-corrected chi connectivity index (χ3v) is 5.85. The number of nitrogens with zero attached hydrogens (tertiary/aromatic N) is 1. The molecule has 0 radical (unpaired) electrons. The first-order valence-corrected chi connectivity index (χ1v) is 9.96. The second-order valence-electron chi connectivity index (χ2n) is 7.00. The third-order valence-electron chi connectivity index (χ3n) is 5.36. The number of hydrogen-bond donors (Lipinski definition) is 0. The molecule has 0 unspecified atom stereocenters. The van der Waals surface area contributed by atoms with Crippen LogP contribution in [0.4, 0.5) is 0 Å². The van der Waals surface area contributed by atoms with E-state index >= 15 is 0 Å². The van der Waals surface area contributed by atoms with Gasteiger partial charge in [0.2, 0.25) is 0 Å². The quantitative estimate of drug-likeness (QED) is 0.253. The van der Waals surface area contributed by atoms with Gasteiger partial charge in [-0.2, -0.15) is 0 Å². The summed E-state index contributed by atoms with van der Waals surface area (Å²) in [6, 6.07) is 27.4. The minimum atomic E-state index is 0.903. The van der Waals surface area contributed by atoms with Crippen molar-refractivity contribution in [3.63, 3.8) is 0 Å². The zero-order valence-electron chi connectivity index (χ0n) is 14.8. The Hall–Kier alpha value is -3.17. The van der Waals surface area contributed by atoms with Gasteiger partial charge in [0.05, 0.1) is 5.52 Å². The van der Waals surface area contributed by atoms with Crippen molar-refractivity contribution in [1.29, 1.82) is 0 Å². The fourth-order valence-electron chi connectivity index (χ4n) is 4.07. The van der Waals surface area contributed by atoms with Gasteiger partial charge in [-0.05, 0) is 52.9 Å². The summed E-state index contributed by atoms with van der Waals surface area (Å²) in [5, 5.41) is 5.78. The highest BCUT2D eigenvalue weighted by molar-refractivity contribution is 9.10. The average molecular weight is 424 g/mol. The van der Waals surface area contributed by atoms with Gasteiger partial charge in [0, 0.05) is 32.2 Å². The maximum Gasteiger partial charge on any atom is 0.135 e. The van der Waals surface area contributed by atoms with Crippen LogP contribution in [-0.2, 0) is 0 Å². The Morgan fingerprint density at radius 3 is 2.43 bits per heavy atom. The molecule has 0 aliphatic rings. The van der Waals surface area contributed by atoms with Crippen LogP contribution in [0, 0.1) is 0 Å². The van der Waals surface area contributed by atoms with E-state index in [9.17, 15) is 0 Å². The van der Waals surface area contributed by atoms with Gasteiger partial charge in [-0.1, -0.05) is 58.4 Å². The van der Waals surface area contributed by atoms with Gasteiger partial charge < -0.3 is 4.42 Å². The molecule has 4 aromatic carbocycles. The van der Waals surface area contributed by atoms with Crippen molar-refractivity contribution < 1.29 is 4.42 Å². The Bertz CT molecular complexity index is 1530. The van der Waals surface area contributed by atoms with Gasteiger partial charge >= 0.3 is 0 Å². The van der Waals surface area contributed by atoms with Crippen LogP contribution in [0.25, 0.3) is 54.7 Å². The molecular formula is C25H14BrNO. The molecular weight excluding hydrogens is 410 g/mol. The molecule has 0 saturated carbocycles. The SMILES string of the molecule is Brc1ccc2oc3ccc(-c4cccc5ccc6cccnc6c45)cc3c2c1. The van der Waals surface area contributed by atoms with E-state index in [4.69, 9.17) is 4.42 Å².